The van der Waals surface area contributed by atoms with Crippen molar-refractivity contribution in [3.8, 4) is 11.3 Å². The maximum absolute atomic E-state index is 12.0. The molecule has 21 heavy (non-hydrogen) atoms. The summed E-state index contributed by atoms with van der Waals surface area (Å²) in [5, 5.41) is 15.6. The van der Waals surface area contributed by atoms with Gasteiger partial charge in [-0.2, -0.15) is 0 Å². The smallest absolute Gasteiger partial charge is 0.273 e. The molecular formula is C16H20N2O3. The highest BCUT2D eigenvalue weighted by Crippen LogP contribution is 2.21. The number of amides is 1. The Hall–Kier alpha value is -2.14. The van der Waals surface area contributed by atoms with Gasteiger partial charge >= 0.3 is 0 Å². The predicted octanol–water partition coefficient (Wildman–Crippen LogP) is 2.48. The zero-order valence-corrected chi connectivity index (χ0v) is 12.3. The molecule has 0 aliphatic rings. The second kappa shape index (κ2) is 6.54. The van der Waals surface area contributed by atoms with Crippen molar-refractivity contribution in [1.29, 1.82) is 0 Å². The molecule has 0 radical (unpaired) electrons. The number of rotatable bonds is 6. The van der Waals surface area contributed by atoms with Gasteiger partial charge in [-0.15, -0.1) is 0 Å². The third-order valence-electron chi connectivity index (χ3n) is 3.32. The summed E-state index contributed by atoms with van der Waals surface area (Å²) in [7, 11) is 0. The second-order valence-corrected chi connectivity index (χ2v) is 5.76. The minimum Gasteiger partial charge on any atom is -0.396 e. The van der Waals surface area contributed by atoms with Gasteiger partial charge in [0.05, 0.1) is 0 Å². The minimum atomic E-state index is -0.271. The average Bonchev–Trinajstić information content (AvgIpc) is 2.96. The van der Waals surface area contributed by atoms with Crippen molar-refractivity contribution in [1.82, 2.24) is 10.5 Å². The molecular weight excluding hydrogens is 268 g/mol. The maximum Gasteiger partial charge on any atom is 0.273 e. The Balaban J connectivity index is 2.00. The van der Waals surface area contributed by atoms with E-state index in [0.717, 1.165) is 5.56 Å². The van der Waals surface area contributed by atoms with Crippen molar-refractivity contribution in [3.63, 3.8) is 0 Å². The number of benzene rings is 1. The number of aliphatic hydroxyl groups is 1. The van der Waals surface area contributed by atoms with Gasteiger partial charge in [-0.3, -0.25) is 4.79 Å². The molecule has 5 nitrogen and oxygen atoms in total. The number of carbonyl (C=O) groups is 1. The summed E-state index contributed by atoms with van der Waals surface area (Å²) < 4.78 is 5.20. The van der Waals surface area contributed by atoms with Crippen molar-refractivity contribution in [3.05, 3.63) is 42.1 Å². The maximum atomic E-state index is 12.0. The van der Waals surface area contributed by atoms with Crippen molar-refractivity contribution < 1.29 is 14.4 Å². The number of nitrogens with one attached hydrogen (secondary N) is 1. The molecule has 1 heterocycles. The van der Waals surface area contributed by atoms with E-state index in [1.807, 2.05) is 44.2 Å². The molecule has 0 fully saturated rings. The molecule has 1 aromatic carbocycles. The normalized spacial score (nSPS) is 11.4. The van der Waals surface area contributed by atoms with Crippen molar-refractivity contribution in [2.24, 2.45) is 5.41 Å². The van der Waals surface area contributed by atoms with Gasteiger partial charge in [0.1, 0.15) is 0 Å². The van der Waals surface area contributed by atoms with Gasteiger partial charge in [0.15, 0.2) is 11.5 Å². The Morgan fingerprint density at radius 3 is 2.71 bits per heavy atom. The number of carbonyl (C=O) groups excluding carboxylic acids is 1. The van der Waals surface area contributed by atoms with Gasteiger partial charge < -0.3 is 14.9 Å². The molecule has 5 heteroatoms. The summed E-state index contributed by atoms with van der Waals surface area (Å²) in [6, 6.07) is 11.1. The van der Waals surface area contributed by atoms with Gasteiger partial charge in [0.25, 0.3) is 5.91 Å². The lowest BCUT2D eigenvalue weighted by Gasteiger charge is -2.23. The van der Waals surface area contributed by atoms with Gasteiger partial charge in [-0.05, 0) is 11.8 Å². The predicted molar refractivity (Wildman–Crippen MR) is 79.8 cm³/mol. The monoisotopic (exact) mass is 288 g/mol. The van der Waals surface area contributed by atoms with E-state index in [1.165, 1.54) is 0 Å². The first kappa shape index (κ1) is 15.3. The topological polar surface area (TPSA) is 75.4 Å². The lowest BCUT2D eigenvalue weighted by Crippen LogP contribution is -2.34. The van der Waals surface area contributed by atoms with Crippen LogP contribution >= 0.6 is 0 Å². The van der Waals surface area contributed by atoms with Gasteiger partial charge in [-0.25, -0.2) is 0 Å². The zero-order valence-electron chi connectivity index (χ0n) is 12.3. The van der Waals surface area contributed by atoms with E-state index < -0.39 is 0 Å². The number of aliphatic hydroxyl groups excluding tert-OH is 1. The molecule has 0 unspecified atom stereocenters. The molecule has 112 valence electrons. The molecule has 0 saturated heterocycles. The van der Waals surface area contributed by atoms with Crippen LogP contribution in [0.1, 0.15) is 30.8 Å². The van der Waals surface area contributed by atoms with Crippen LogP contribution in [0.4, 0.5) is 0 Å². The molecule has 0 aliphatic heterocycles. The number of aromatic nitrogens is 1. The Morgan fingerprint density at radius 1 is 1.33 bits per heavy atom. The molecule has 0 aliphatic carbocycles. The van der Waals surface area contributed by atoms with E-state index in [1.54, 1.807) is 6.07 Å². The van der Waals surface area contributed by atoms with E-state index in [-0.39, 0.29) is 23.6 Å². The molecule has 2 rings (SSSR count). The lowest BCUT2D eigenvalue weighted by molar-refractivity contribution is 0.0919. The standard InChI is InChI=1S/C16H20N2O3/c1-16(2,8-9-19)11-17-15(20)13-10-14(21-18-13)12-6-4-3-5-7-12/h3-7,10,19H,8-9,11H2,1-2H3,(H,17,20). The van der Waals surface area contributed by atoms with Crippen molar-refractivity contribution in [2.45, 2.75) is 20.3 Å². The van der Waals surface area contributed by atoms with E-state index in [0.29, 0.717) is 18.7 Å². The summed E-state index contributed by atoms with van der Waals surface area (Å²) in [5.41, 5.74) is 0.981. The molecule has 1 aromatic heterocycles. The van der Waals surface area contributed by atoms with Gasteiger partial charge in [-0.1, -0.05) is 49.3 Å². The third-order valence-corrected chi connectivity index (χ3v) is 3.32. The van der Waals surface area contributed by atoms with Crippen molar-refractivity contribution in [2.75, 3.05) is 13.2 Å². The van der Waals surface area contributed by atoms with Crippen LogP contribution < -0.4 is 5.32 Å². The molecule has 0 spiro atoms. The number of nitrogens with zero attached hydrogens (tertiary/aromatic N) is 1. The summed E-state index contributed by atoms with van der Waals surface area (Å²) in [5.74, 6) is 0.294. The Kier molecular flexibility index (Phi) is 4.75. The first-order valence-corrected chi connectivity index (χ1v) is 6.93. The number of hydrogen-bond acceptors (Lipinski definition) is 4. The summed E-state index contributed by atoms with van der Waals surface area (Å²) in [6.07, 6.45) is 0.626. The van der Waals surface area contributed by atoms with Crippen LogP contribution in [0.3, 0.4) is 0 Å². The molecule has 0 atom stereocenters. The van der Waals surface area contributed by atoms with E-state index in [2.05, 4.69) is 10.5 Å². The number of hydrogen-bond donors (Lipinski definition) is 2. The first-order valence-electron chi connectivity index (χ1n) is 6.93. The van der Waals surface area contributed by atoms with E-state index in [4.69, 9.17) is 9.63 Å². The van der Waals surface area contributed by atoms with Crippen LogP contribution in [0.2, 0.25) is 0 Å². The summed E-state index contributed by atoms with van der Waals surface area (Å²) in [4.78, 5) is 12.0. The summed E-state index contributed by atoms with van der Waals surface area (Å²) >= 11 is 0. The lowest BCUT2D eigenvalue weighted by atomic mass is 9.90. The highest BCUT2D eigenvalue weighted by atomic mass is 16.5. The van der Waals surface area contributed by atoms with Gasteiger partial charge in [0.2, 0.25) is 0 Å². The minimum absolute atomic E-state index is 0.102. The van der Waals surface area contributed by atoms with E-state index >= 15 is 0 Å². The second-order valence-electron chi connectivity index (χ2n) is 5.76. The van der Waals surface area contributed by atoms with Crippen LogP contribution in [-0.2, 0) is 0 Å². The average molecular weight is 288 g/mol. The largest absolute Gasteiger partial charge is 0.396 e. The quantitative estimate of drug-likeness (QED) is 0.856. The fraction of sp³-hybridized carbons (Fsp3) is 0.375. The SMILES string of the molecule is CC(C)(CCO)CNC(=O)c1cc(-c2ccccc2)on1. The van der Waals surface area contributed by atoms with E-state index in [9.17, 15) is 4.79 Å². The highest BCUT2D eigenvalue weighted by molar-refractivity contribution is 5.93. The Morgan fingerprint density at radius 2 is 2.05 bits per heavy atom. The van der Waals surface area contributed by atoms with Crippen LogP contribution in [0.5, 0.6) is 0 Å². The molecule has 0 saturated carbocycles. The third kappa shape index (κ3) is 4.16. The fourth-order valence-corrected chi connectivity index (χ4v) is 1.92. The molecule has 1 amide bonds. The van der Waals surface area contributed by atoms with Gasteiger partial charge in [0, 0.05) is 24.8 Å². The van der Waals surface area contributed by atoms with Crippen molar-refractivity contribution >= 4 is 5.91 Å². The molecule has 0 bridgehead atoms. The molecule has 2 N–H and O–H groups in total. The first-order chi connectivity index (χ1) is 10.0. The van der Waals surface area contributed by atoms with Crippen LogP contribution in [-0.4, -0.2) is 29.3 Å². The summed E-state index contributed by atoms with van der Waals surface area (Å²) in [6.45, 7) is 4.55. The Bertz CT molecular complexity index is 591. The van der Waals surface area contributed by atoms with Crippen LogP contribution in [0.15, 0.2) is 40.9 Å². The fourth-order valence-electron chi connectivity index (χ4n) is 1.92. The Labute approximate surface area is 124 Å². The zero-order chi connectivity index (χ0) is 15.3. The highest BCUT2D eigenvalue weighted by Gasteiger charge is 2.20. The van der Waals surface area contributed by atoms with Crippen LogP contribution in [0, 0.1) is 5.41 Å². The van der Waals surface area contributed by atoms with Crippen LogP contribution in [0.25, 0.3) is 11.3 Å². The molecule has 2 aromatic rings.